The van der Waals surface area contributed by atoms with Gasteiger partial charge in [-0.3, -0.25) is 4.79 Å². The van der Waals surface area contributed by atoms with Crippen LogP contribution in [0, 0.1) is 5.92 Å². The number of carbonyl (C=O) groups is 1. The lowest BCUT2D eigenvalue weighted by Gasteiger charge is -2.09. The molecule has 1 aromatic rings. The van der Waals surface area contributed by atoms with E-state index >= 15 is 0 Å². The third kappa shape index (κ3) is 3.66. The SMILES string of the molecule is CCC(O)CCNC(=O)C1CC1c1cccc(Cl)c1Cl. The molecule has 0 aromatic heterocycles. The number of amides is 1. The summed E-state index contributed by atoms with van der Waals surface area (Å²) in [5.74, 6) is 0.177. The van der Waals surface area contributed by atoms with Gasteiger partial charge in [0.15, 0.2) is 0 Å². The van der Waals surface area contributed by atoms with E-state index in [1.165, 1.54) is 0 Å². The zero-order valence-electron chi connectivity index (χ0n) is 11.4. The summed E-state index contributed by atoms with van der Waals surface area (Å²) in [6.07, 6.45) is 1.77. The fourth-order valence-corrected chi connectivity index (χ4v) is 2.78. The Morgan fingerprint density at radius 3 is 2.95 bits per heavy atom. The molecule has 1 amide bonds. The standard InChI is InChI=1S/C15H19Cl2NO2/c1-2-9(19)6-7-18-15(20)12-8-11(12)10-4-3-5-13(16)14(10)17/h3-5,9,11-12,19H,2,6-8H2,1H3,(H,18,20). The summed E-state index contributed by atoms with van der Waals surface area (Å²) < 4.78 is 0. The van der Waals surface area contributed by atoms with Gasteiger partial charge in [0.1, 0.15) is 0 Å². The van der Waals surface area contributed by atoms with Gasteiger partial charge < -0.3 is 10.4 Å². The molecule has 3 nitrogen and oxygen atoms in total. The predicted octanol–water partition coefficient (Wildman–Crippen LogP) is 3.37. The molecular formula is C15H19Cl2NO2. The normalized spacial score (nSPS) is 22.4. The summed E-state index contributed by atoms with van der Waals surface area (Å²) in [6.45, 7) is 2.44. The van der Waals surface area contributed by atoms with Crippen LogP contribution in [0.15, 0.2) is 18.2 Å². The smallest absolute Gasteiger partial charge is 0.223 e. The van der Waals surface area contributed by atoms with E-state index in [1.54, 1.807) is 6.07 Å². The molecule has 2 rings (SSSR count). The van der Waals surface area contributed by atoms with Gasteiger partial charge in [0.25, 0.3) is 0 Å². The largest absolute Gasteiger partial charge is 0.393 e. The van der Waals surface area contributed by atoms with Crippen LogP contribution >= 0.6 is 23.2 Å². The maximum Gasteiger partial charge on any atom is 0.223 e. The van der Waals surface area contributed by atoms with Gasteiger partial charge in [-0.1, -0.05) is 42.3 Å². The van der Waals surface area contributed by atoms with Crippen molar-refractivity contribution in [1.29, 1.82) is 0 Å². The number of hydrogen-bond donors (Lipinski definition) is 2. The van der Waals surface area contributed by atoms with E-state index < -0.39 is 0 Å². The summed E-state index contributed by atoms with van der Waals surface area (Å²) in [6, 6.07) is 5.53. The van der Waals surface area contributed by atoms with Crippen LogP contribution in [-0.2, 0) is 4.79 Å². The van der Waals surface area contributed by atoms with E-state index in [-0.39, 0.29) is 23.8 Å². The zero-order valence-corrected chi connectivity index (χ0v) is 12.9. The first-order valence-corrected chi connectivity index (χ1v) is 7.69. The van der Waals surface area contributed by atoms with Crippen molar-refractivity contribution in [3.8, 4) is 0 Å². The monoisotopic (exact) mass is 315 g/mol. The number of benzene rings is 1. The molecule has 2 N–H and O–H groups in total. The van der Waals surface area contributed by atoms with Gasteiger partial charge in [0.05, 0.1) is 16.1 Å². The van der Waals surface area contributed by atoms with Crippen LogP contribution in [0.1, 0.15) is 37.7 Å². The van der Waals surface area contributed by atoms with Crippen molar-refractivity contribution >= 4 is 29.1 Å². The highest BCUT2D eigenvalue weighted by molar-refractivity contribution is 6.42. The maximum absolute atomic E-state index is 12.0. The third-order valence-corrected chi connectivity index (χ3v) is 4.59. The van der Waals surface area contributed by atoms with Crippen LogP contribution in [0.4, 0.5) is 0 Å². The summed E-state index contributed by atoms with van der Waals surface area (Å²) in [5.41, 5.74) is 0.952. The Kier molecular flexibility index (Phi) is 5.30. The molecule has 0 aliphatic heterocycles. The minimum absolute atomic E-state index is 0.0234. The molecule has 1 saturated carbocycles. The number of halogens is 2. The van der Waals surface area contributed by atoms with Gasteiger partial charge in [-0.05, 0) is 36.8 Å². The van der Waals surface area contributed by atoms with Crippen molar-refractivity contribution in [1.82, 2.24) is 5.32 Å². The van der Waals surface area contributed by atoms with Crippen molar-refractivity contribution in [3.05, 3.63) is 33.8 Å². The van der Waals surface area contributed by atoms with Crippen LogP contribution in [0.3, 0.4) is 0 Å². The molecule has 20 heavy (non-hydrogen) atoms. The Bertz CT molecular complexity index is 493. The van der Waals surface area contributed by atoms with Crippen LogP contribution in [0.5, 0.6) is 0 Å². The topological polar surface area (TPSA) is 49.3 Å². The van der Waals surface area contributed by atoms with Gasteiger partial charge in [-0.25, -0.2) is 0 Å². The first-order chi connectivity index (χ1) is 9.54. The summed E-state index contributed by atoms with van der Waals surface area (Å²) in [5, 5.41) is 13.4. The number of rotatable bonds is 6. The summed E-state index contributed by atoms with van der Waals surface area (Å²) in [4.78, 5) is 12.0. The second-order valence-corrected chi connectivity index (χ2v) is 6.02. The Labute approximate surface area is 129 Å². The quantitative estimate of drug-likeness (QED) is 0.845. The fraction of sp³-hybridized carbons (Fsp3) is 0.533. The van der Waals surface area contributed by atoms with Crippen molar-refractivity contribution in [2.45, 2.75) is 38.2 Å². The maximum atomic E-state index is 12.0. The molecule has 1 aliphatic rings. The lowest BCUT2D eigenvalue weighted by molar-refractivity contribution is -0.122. The molecule has 1 fully saturated rings. The van der Waals surface area contributed by atoms with Crippen LogP contribution < -0.4 is 5.32 Å². The number of aliphatic hydroxyl groups is 1. The van der Waals surface area contributed by atoms with Crippen molar-refractivity contribution in [2.24, 2.45) is 5.92 Å². The summed E-state index contributed by atoms with van der Waals surface area (Å²) >= 11 is 12.2. The first kappa shape index (κ1) is 15.6. The zero-order chi connectivity index (χ0) is 14.7. The molecular weight excluding hydrogens is 297 g/mol. The molecule has 1 aromatic carbocycles. The lowest BCUT2D eigenvalue weighted by atomic mass is 10.1. The average Bonchev–Trinajstić information content (AvgIpc) is 3.21. The molecule has 0 radical (unpaired) electrons. The van der Waals surface area contributed by atoms with Crippen LogP contribution in [-0.4, -0.2) is 23.7 Å². The van der Waals surface area contributed by atoms with Gasteiger partial charge in [0.2, 0.25) is 5.91 Å². The highest BCUT2D eigenvalue weighted by Gasteiger charge is 2.44. The van der Waals surface area contributed by atoms with Crippen molar-refractivity contribution < 1.29 is 9.90 Å². The molecule has 0 heterocycles. The van der Waals surface area contributed by atoms with E-state index in [1.807, 2.05) is 19.1 Å². The highest BCUT2D eigenvalue weighted by atomic mass is 35.5. The Morgan fingerprint density at radius 1 is 1.50 bits per heavy atom. The average molecular weight is 316 g/mol. The van der Waals surface area contributed by atoms with Gasteiger partial charge >= 0.3 is 0 Å². The first-order valence-electron chi connectivity index (χ1n) is 6.94. The second-order valence-electron chi connectivity index (χ2n) is 5.23. The molecule has 5 heteroatoms. The van der Waals surface area contributed by atoms with E-state index in [9.17, 15) is 9.90 Å². The minimum atomic E-state index is -0.340. The van der Waals surface area contributed by atoms with E-state index in [4.69, 9.17) is 23.2 Å². The number of carbonyl (C=O) groups excluding carboxylic acids is 1. The molecule has 0 spiro atoms. The van der Waals surface area contributed by atoms with Crippen LogP contribution in [0.25, 0.3) is 0 Å². The number of hydrogen-bond acceptors (Lipinski definition) is 2. The Morgan fingerprint density at radius 2 is 2.25 bits per heavy atom. The van der Waals surface area contributed by atoms with Crippen LogP contribution in [0.2, 0.25) is 10.0 Å². The highest BCUT2D eigenvalue weighted by Crippen LogP contribution is 2.50. The fourth-order valence-electron chi connectivity index (χ4n) is 2.33. The molecule has 0 saturated heterocycles. The minimum Gasteiger partial charge on any atom is -0.393 e. The van der Waals surface area contributed by atoms with E-state index in [0.717, 1.165) is 12.0 Å². The number of aliphatic hydroxyl groups excluding tert-OH is 1. The van der Waals surface area contributed by atoms with E-state index in [0.29, 0.717) is 29.4 Å². The Balaban J connectivity index is 1.85. The van der Waals surface area contributed by atoms with Gasteiger partial charge in [-0.2, -0.15) is 0 Å². The lowest BCUT2D eigenvalue weighted by Crippen LogP contribution is -2.28. The van der Waals surface area contributed by atoms with Gasteiger partial charge in [0, 0.05) is 12.5 Å². The molecule has 3 unspecified atom stereocenters. The summed E-state index contributed by atoms with van der Waals surface area (Å²) in [7, 11) is 0. The van der Waals surface area contributed by atoms with E-state index in [2.05, 4.69) is 5.32 Å². The van der Waals surface area contributed by atoms with Crippen molar-refractivity contribution in [2.75, 3.05) is 6.54 Å². The predicted molar refractivity (Wildman–Crippen MR) is 81.2 cm³/mol. The molecule has 3 atom stereocenters. The van der Waals surface area contributed by atoms with Gasteiger partial charge in [-0.15, -0.1) is 0 Å². The second kappa shape index (κ2) is 6.79. The van der Waals surface area contributed by atoms with Crippen molar-refractivity contribution in [3.63, 3.8) is 0 Å². The molecule has 0 bridgehead atoms. The Hall–Kier alpha value is -0.770. The number of nitrogens with one attached hydrogen (secondary N) is 1. The molecule has 110 valence electrons. The molecule has 1 aliphatic carbocycles. The third-order valence-electron chi connectivity index (χ3n) is 3.76.